The molecule has 4 aromatic rings. The van der Waals surface area contributed by atoms with Crippen molar-refractivity contribution < 1.29 is 23.9 Å². The van der Waals surface area contributed by atoms with Gasteiger partial charge in [0.2, 0.25) is 0 Å². The highest BCUT2D eigenvalue weighted by Crippen LogP contribution is 2.29. The summed E-state index contributed by atoms with van der Waals surface area (Å²) in [7, 11) is 0. The molecule has 0 saturated carbocycles. The molecule has 1 atom stereocenters. The molecule has 1 heterocycles. The number of carbonyl (C=O) groups is 3. The summed E-state index contributed by atoms with van der Waals surface area (Å²) in [5.74, 6) is -2.85. The van der Waals surface area contributed by atoms with Crippen LogP contribution in [0.15, 0.2) is 65.1 Å². The Hall–Kier alpha value is -3.35. The Morgan fingerprint density at radius 1 is 0.903 bits per heavy atom. The molecule has 0 spiro atoms. The van der Waals surface area contributed by atoms with Gasteiger partial charge in [-0.15, -0.1) is 0 Å². The first-order chi connectivity index (χ1) is 14.8. The molecule has 1 unspecified atom stereocenters. The van der Waals surface area contributed by atoms with E-state index in [9.17, 15) is 19.5 Å². The number of hydrogen-bond donors (Lipinski definition) is 2. The van der Waals surface area contributed by atoms with Crippen LogP contribution in [0, 0.1) is 0 Å². The summed E-state index contributed by atoms with van der Waals surface area (Å²) < 4.78 is 5.76. The van der Waals surface area contributed by atoms with Crippen LogP contribution >= 0.6 is 23.2 Å². The number of ketones is 1. The number of para-hydroxylation sites is 1. The second kappa shape index (κ2) is 8.41. The van der Waals surface area contributed by atoms with Crippen molar-refractivity contribution in [1.29, 1.82) is 0 Å². The number of furan rings is 1. The van der Waals surface area contributed by atoms with Crippen molar-refractivity contribution in [3.8, 4) is 0 Å². The van der Waals surface area contributed by atoms with E-state index in [1.165, 1.54) is 18.2 Å². The number of carbonyl (C=O) groups excluding carboxylic acids is 2. The van der Waals surface area contributed by atoms with E-state index in [4.69, 9.17) is 27.6 Å². The first-order valence-electron chi connectivity index (χ1n) is 9.25. The van der Waals surface area contributed by atoms with Crippen molar-refractivity contribution in [1.82, 2.24) is 5.32 Å². The number of amides is 1. The van der Waals surface area contributed by atoms with Crippen LogP contribution in [0.25, 0.3) is 21.9 Å². The maximum atomic E-state index is 12.7. The van der Waals surface area contributed by atoms with Crippen molar-refractivity contribution in [2.45, 2.75) is 12.5 Å². The number of benzene rings is 3. The predicted molar refractivity (Wildman–Crippen MR) is 118 cm³/mol. The molecule has 0 aliphatic heterocycles. The number of rotatable bonds is 6. The first-order valence-corrected chi connectivity index (χ1v) is 10.0. The third-order valence-corrected chi connectivity index (χ3v) is 5.58. The highest BCUT2D eigenvalue weighted by Gasteiger charge is 2.28. The third-order valence-electron chi connectivity index (χ3n) is 4.85. The van der Waals surface area contributed by atoms with Gasteiger partial charge in [0.1, 0.15) is 11.2 Å². The minimum absolute atomic E-state index is 0.0970. The summed E-state index contributed by atoms with van der Waals surface area (Å²) in [6, 6.07) is 15.1. The van der Waals surface area contributed by atoms with Gasteiger partial charge in [-0.05, 0) is 42.0 Å². The molecule has 0 bridgehead atoms. The molecule has 0 saturated heterocycles. The van der Waals surface area contributed by atoms with Gasteiger partial charge in [0.05, 0.1) is 10.0 Å². The molecule has 156 valence electrons. The van der Waals surface area contributed by atoms with Gasteiger partial charge in [0, 0.05) is 22.8 Å². The van der Waals surface area contributed by atoms with Gasteiger partial charge >= 0.3 is 5.97 Å². The first kappa shape index (κ1) is 20.9. The van der Waals surface area contributed by atoms with Crippen molar-refractivity contribution in [2.75, 3.05) is 0 Å². The van der Waals surface area contributed by atoms with E-state index in [1.54, 1.807) is 18.2 Å². The Bertz CT molecular complexity index is 1340. The van der Waals surface area contributed by atoms with Crippen LogP contribution in [0.1, 0.15) is 15.9 Å². The van der Waals surface area contributed by atoms with E-state index in [0.29, 0.717) is 11.1 Å². The highest BCUT2D eigenvalue weighted by atomic mass is 35.5. The van der Waals surface area contributed by atoms with Gasteiger partial charge in [-0.2, -0.15) is 0 Å². The molecule has 4 rings (SSSR count). The number of nitrogens with one attached hydrogen (secondary N) is 1. The number of aliphatic carboxylic acids is 1. The van der Waals surface area contributed by atoms with Gasteiger partial charge in [-0.1, -0.05) is 47.5 Å². The van der Waals surface area contributed by atoms with Gasteiger partial charge in [0.25, 0.3) is 5.91 Å². The summed E-state index contributed by atoms with van der Waals surface area (Å²) in [6.07, 6.45) is -0.173. The summed E-state index contributed by atoms with van der Waals surface area (Å²) in [4.78, 5) is 36.8. The number of carboxylic acids is 1. The van der Waals surface area contributed by atoms with Crippen LogP contribution in [0.4, 0.5) is 0 Å². The fourth-order valence-corrected chi connectivity index (χ4v) is 3.62. The monoisotopic (exact) mass is 455 g/mol. The van der Waals surface area contributed by atoms with Crippen LogP contribution in [0.3, 0.4) is 0 Å². The van der Waals surface area contributed by atoms with Gasteiger partial charge in [0.15, 0.2) is 11.8 Å². The SMILES string of the molecule is O=C(NC(C(=O)O)C(=O)Cc1ccc2oc3ccccc3c2c1)c1ccc(Cl)c(Cl)c1. The molecule has 6 nitrogen and oxygen atoms in total. The van der Waals surface area contributed by atoms with Crippen LogP contribution in [-0.4, -0.2) is 28.8 Å². The fraction of sp³-hybridized carbons (Fsp3) is 0.0870. The number of hydrogen-bond acceptors (Lipinski definition) is 4. The lowest BCUT2D eigenvalue weighted by Crippen LogP contribution is -2.47. The molecule has 1 aromatic heterocycles. The summed E-state index contributed by atoms with van der Waals surface area (Å²) in [6.45, 7) is 0. The zero-order valence-corrected chi connectivity index (χ0v) is 17.4. The number of Topliss-reactive ketones (excluding diaryl/α,β-unsaturated/α-hetero) is 1. The smallest absolute Gasteiger partial charge is 0.334 e. The van der Waals surface area contributed by atoms with Gasteiger partial charge < -0.3 is 14.8 Å². The highest BCUT2D eigenvalue weighted by molar-refractivity contribution is 6.42. The molecular formula is C23H15Cl2NO5. The van der Waals surface area contributed by atoms with E-state index in [2.05, 4.69) is 5.32 Å². The fourth-order valence-electron chi connectivity index (χ4n) is 3.32. The zero-order valence-electron chi connectivity index (χ0n) is 15.9. The Morgan fingerprint density at radius 3 is 2.39 bits per heavy atom. The van der Waals surface area contributed by atoms with Crippen molar-refractivity contribution in [3.63, 3.8) is 0 Å². The van der Waals surface area contributed by atoms with Crippen LogP contribution in [-0.2, 0) is 16.0 Å². The summed E-state index contributed by atoms with van der Waals surface area (Å²) in [5.41, 5.74) is 2.09. The Kier molecular flexibility index (Phi) is 5.67. The van der Waals surface area contributed by atoms with Crippen molar-refractivity contribution in [3.05, 3.63) is 81.8 Å². The molecule has 2 N–H and O–H groups in total. The van der Waals surface area contributed by atoms with E-state index < -0.39 is 23.7 Å². The lowest BCUT2D eigenvalue weighted by Gasteiger charge is -2.14. The largest absolute Gasteiger partial charge is 0.479 e. The van der Waals surface area contributed by atoms with E-state index in [-0.39, 0.29) is 22.0 Å². The molecule has 31 heavy (non-hydrogen) atoms. The second-order valence-corrected chi connectivity index (χ2v) is 7.76. The lowest BCUT2D eigenvalue weighted by atomic mass is 10.0. The standard InChI is InChI=1S/C23H15Cl2NO5/c24-16-7-6-13(11-17(16)25)22(28)26-21(23(29)30)18(27)10-12-5-8-20-15(9-12)14-3-1-2-4-19(14)31-20/h1-9,11,21H,10H2,(H,26,28)(H,29,30). The average molecular weight is 456 g/mol. The molecule has 0 fully saturated rings. The van der Waals surface area contributed by atoms with Crippen LogP contribution < -0.4 is 5.32 Å². The maximum absolute atomic E-state index is 12.7. The quantitative estimate of drug-likeness (QED) is 0.403. The van der Waals surface area contributed by atoms with Crippen molar-refractivity contribution >= 4 is 62.8 Å². The number of fused-ring (bicyclic) bond motifs is 3. The minimum Gasteiger partial charge on any atom is -0.479 e. The third kappa shape index (κ3) is 4.26. The normalized spacial score (nSPS) is 12.1. The lowest BCUT2D eigenvalue weighted by molar-refractivity contribution is -0.142. The maximum Gasteiger partial charge on any atom is 0.334 e. The van der Waals surface area contributed by atoms with E-state index in [0.717, 1.165) is 16.4 Å². The summed E-state index contributed by atoms with van der Waals surface area (Å²) in [5, 5.41) is 13.9. The molecular weight excluding hydrogens is 441 g/mol. The van der Waals surface area contributed by atoms with Gasteiger partial charge in [-0.3, -0.25) is 9.59 Å². The second-order valence-electron chi connectivity index (χ2n) is 6.95. The Balaban J connectivity index is 1.56. The van der Waals surface area contributed by atoms with Crippen molar-refractivity contribution in [2.24, 2.45) is 0 Å². The molecule has 3 aromatic carbocycles. The number of carboxylic acid groups (broad SMARTS) is 1. The molecule has 0 radical (unpaired) electrons. The van der Waals surface area contributed by atoms with Gasteiger partial charge in [-0.25, -0.2) is 4.79 Å². The Morgan fingerprint density at radius 2 is 1.65 bits per heavy atom. The van der Waals surface area contributed by atoms with E-state index in [1.807, 2.05) is 24.3 Å². The zero-order chi connectivity index (χ0) is 22.1. The van der Waals surface area contributed by atoms with Crippen LogP contribution in [0.2, 0.25) is 10.0 Å². The van der Waals surface area contributed by atoms with Crippen LogP contribution in [0.5, 0.6) is 0 Å². The minimum atomic E-state index is -1.71. The summed E-state index contributed by atoms with van der Waals surface area (Å²) >= 11 is 11.7. The Labute approximate surface area is 186 Å². The molecule has 1 amide bonds. The number of halogens is 2. The predicted octanol–water partition coefficient (Wildman–Crippen LogP) is 4.89. The topological polar surface area (TPSA) is 96.6 Å². The molecule has 0 aliphatic carbocycles. The molecule has 0 aliphatic rings. The van der Waals surface area contributed by atoms with E-state index >= 15 is 0 Å². The average Bonchev–Trinajstić information content (AvgIpc) is 3.11. The molecule has 8 heteroatoms.